The molecule has 2 saturated heterocycles. The van der Waals surface area contributed by atoms with Gasteiger partial charge in [0.1, 0.15) is 0 Å². The van der Waals surface area contributed by atoms with Crippen LogP contribution < -0.4 is 5.32 Å². The Kier molecular flexibility index (Phi) is 5.07. The Morgan fingerprint density at radius 2 is 2.00 bits per heavy atom. The van der Waals surface area contributed by atoms with Gasteiger partial charge < -0.3 is 14.8 Å². The highest BCUT2D eigenvalue weighted by atomic mass is 16.5. The maximum atomic E-state index is 5.76. The molecule has 0 spiro atoms. The third kappa shape index (κ3) is 3.44. The second-order valence-electron chi connectivity index (χ2n) is 5.03. The zero-order chi connectivity index (χ0) is 11.2. The van der Waals surface area contributed by atoms with Crippen LogP contribution in [0.25, 0.3) is 0 Å². The van der Waals surface area contributed by atoms with Gasteiger partial charge in [0.25, 0.3) is 0 Å². The Morgan fingerprint density at radius 3 is 2.62 bits per heavy atom. The van der Waals surface area contributed by atoms with E-state index >= 15 is 0 Å². The summed E-state index contributed by atoms with van der Waals surface area (Å²) in [6.45, 7) is 6.25. The SMILES string of the molecule is CCC(NCC1CCOCC1)C1CCCO1. The molecule has 0 saturated carbocycles. The summed E-state index contributed by atoms with van der Waals surface area (Å²) in [4.78, 5) is 0. The molecule has 0 aromatic carbocycles. The number of hydrogen-bond acceptors (Lipinski definition) is 3. The molecule has 2 atom stereocenters. The predicted octanol–water partition coefficient (Wildman–Crippen LogP) is 1.96. The minimum Gasteiger partial charge on any atom is -0.381 e. The predicted molar refractivity (Wildman–Crippen MR) is 64.6 cm³/mol. The highest BCUT2D eigenvalue weighted by Crippen LogP contribution is 2.19. The second-order valence-corrected chi connectivity index (χ2v) is 5.03. The Bertz CT molecular complexity index is 186. The number of ether oxygens (including phenoxy) is 2. The van der Waals surface area contributed by atoms with Gasteiger partial charge in [0.2, 0.25) is 0 Å². The lowest BCUT2D eigenvalue weighted by atomic mass is 9.98. The Morgan fingerprint density at radius 1 is 1.19 bits per heavy atom. The lowest BCUT2D eigenvalue weighted by Crippen LogP contribution is -2.42. The highest BCUT2D eigenvalue weighted by molar-refractivity contribution is 4.80. The van der Waals surface area contributed by atoms with Crippen LogP contribution in [0.15, 0.2) is 0 Å². The first-order valence-electron chi connectivity index (χ1n) is 6.83. The first kappa shape index (κ1) is 12.3. The summed E-state index contributed by atoms with van der Waals surface area (Å²) in [6.07, 6.45) is 6.54. The zero-order valence-corrected chi connectivity index (χ0v) is 10.4. The van der Waals surface area contributed by atoms with E-state index in [9.17, 15) is 0 Å². The molecule has 2 fully saturated rings. The minimum absolute atomic E-state index is 0.463. The fraction of sp³-hybridized carbons (Fsp3) is 1.00. The Hall–Kier alpha value is -0.120. The maximum Gasteiger partial charge on any atom is 0.0728 e. The molecule has 1 N–H and O–H groups in total. The minimum atomic E-state index is 0.463. The van der Waals surface area contributed by atoms with Gasteiger partial charge in [-0.1, -0.05) is 6.92 Å². The maximum absolute atomic E-state index is 5.76. The average Bonchev–Trinajstić information content (AvgIpc) is 2.85. The van der Waals surface area contributed by atoms with Crippen molar-refractivity contribution < 1.29 is 9.47 Å². The first-order valence-corrected chi connectivity index (χ1v) is 6.83. The lowest BCUT2D eigenvalue weighted by molar-refractivity contribution is 0.0545. The Labute approximate surface area is 98.9 Å². The summed E-state index contributed by atoms with van der Waals surface area (Å²) in [6, 6.07) is 0.561. The molecular weight excluding hydrogens is 202 g/mol. The molecule has 0 bridgehead atoms. The van der Waals surface area contributed by atoms with Crippen molar-refractivity contribution in [3.8, 4) is 0 Å². The van der Waals surface area contributed by atoms with E-state index in [1.54, 1.807) is 0 Å². The van der Waals surface area contributed by atoms with Crippen LogP contribution in [0.1, 0.15) is 39.0 Å². The van der Waals surface area contributed by atoms with E-state index in [0.717, 1.165) is 32.3 Å². The van der Waals surface area contributed by atoms with E-state index in [0.29, 0.717) is 12.1 Å². The van der Waals surface area contributed by atoms with Gasteiger partial charge in [0.15, 0.2) is 0 Å². The molecule has 0 amide bonds. The van der Waals surface area contributed by atoms with Crippen molar-refractivity contribution in [3.05, 3.63) is 0 Å². The van der Waals surface area contributed by atoms with Crippen molar-refractivity contribution in [2.75, 3.05) is 26.4 Å². The van der Waals surface area contributed by atoms with Crippen molar-refractivity contribution >= 4 is 0 Å². The Balaban J connectivity index is 1.69. The molecule has 0 aromatic rings. The summed E-state index contributed by atoms with van der Waals surface area (Å²) >= 11 is 0. The van der Waals surface area contributed by atoms with Gasteiger partial charge in [-0.3, -0.25) is 0 Å². The fourth-order valence-corrected chi connectivity index (χ4v) is 2.73. The molecule has 16 heavy (non-hydrogen) atoms. The van der Waals surface area contributed by atoms with Gasteiger partial charge in [-0.15, -0.1) is 0 Å². The zero-order valence-electron chi connectivity index (χ0n) is 10.4. The molecule has 2 rings (SSSR count). The summed E-state index contributed by atoms with van der Waals surface area (Å²) in [7, 11) is 0. The molecule has 3 heteroatoms. The summed E-state index contributed by atoms with van der Waals surface area (Å²) in [5, 5.41) is 3.70. The van der Waals surface area contributed by atoms with Crippen molar-refractivity contribution in [1.82, 2.24) is 5.32 Å². The lowest BCUT2D eigenvalue weighted by Gasteiger charge is -2.27. The molecular formula is C13H25NO2. The average molecular weight is 227 g/mol. The van der Waals surface area contributed by atoms with Gasteiger partial charge in [0.05, 0.1) is 6.10 Å². The topological polar surface area (TPSA) is 30.5 Å². The quantitative estimate of drug-likeness (QED) is 0.779. The molecule has 0 aliphatic carbocycles. The normalized spacial score (nSPS) is 29.4. The van der Waals surface area contributed by atoms with Crippen molar-refractivity contribution in [2.45, 2.75) is 51.2 Å². The van der Waals surface area contributed by atoms with Crippen LogP contribution in [0, 0.1) is 5.92 Å². The highest BCUT2D eigenvalue weighted by Gasteiger charge is 2.25. The molecule has 2 unspecified atom stereocenters. The first-order chi connectivity index (χ1) is 7.90. The van der Waals surface area contributed by atoms with Gasteiger partial charge in [-0.25, -0.2) is 0 Å². The second kappa shape index (κ2) is 6.58. The van der Waals surface area contributed by atoms with Crippen LogP contribution in [0.5, 0.6) is 0 Å². The van der Waals surface area contributed by atoms with Crippen molar-refractivity contribution in [3.63, 3.8) is 0 Å². The van der Waals surface area contributed by atoms with E-state index in [2.05, 4.69) is 12.2 Å². The largest absolute Gasteiger partial charge is 0.381 e. The van der Waals surface area contributed by atoms with Gasteiger partial charge >= 0.3 is 0 Å². The summed E-state index contributed by atoms with van der Waals surface area (Å²) in [5.41, 5.74) is 0. The summed E-state index contributed by atoms with van der Waals surface area (Å²) in [5.74, 6) is 0.809. The van der Waals surface area contributed by atoms with Crippen LogP contribution in [0.4, 0.5) is 0 Å². The smallest absolute Gasteiger partial charge is 0.0728 e. The molecule has 94 valence electrons. The van der Waals surface area contributed by atoms with E-state index in [-0.39, 0.29) is 0 Å². The van der Waals surface area contributed by atoms with Gasteiger partial charge in [-0.2, -0.15) is 0 Å². The van der Waals surface area contributed by atoms with Crippen molar-refractivity contribution in [2.24, 2.45) is 5.92 Å². The molecule has 0 aromatic heterocycles. The van der Waals surface area contributed by atoms with E-state index < -0.39 is 0 Å². The molecule has 0 radical (unpaired) electrons. The van der Waals surface area contributed by atoms with Crippen LogP contribution in [-0.2, 0) is 9.47 Å². The number of nitrogens with one attached hydrogen (secondary N) is 1. The van der Waals surface area contributed by atoms with E-state index in [4.69, 9.17) is 9.47 Å². The van der Waals surface area contributed by atoms with Crippen LogP contribution in [0.3, 0.4) is 0 Å². The molecule has 2 aliphatic heterocycles. The monoisotopic (exact) mass is 227 g/mol. The van der Waals surface area contributed by atoms with Crippen LogP contribution in [0.2, 0.25) is 0 Å². The van der Waals surface area contributed by atoms with Crippen LogP contribution in [-0.4, -0.2) is 38.5 Å². The van der Waals surface area contributed by atoms with Gasteiger partial charge in [-0.05, 0) is 44.6 Å². The number of hydrogen-bond donors (Lipinski definition) is 1. The van der Waals surface area contributed by atoms with E-state index in [1.807, 2.05) is 0 Å². The molecule has 2 heterocycles. The third-order valence-electron chi connectivity index (χ3n) is 3.86. The van der Waals surface area contributed by atoms with E-state index in [1.165, 1.54) is 32.1 Å². The van der Waals surface area contributed by atoms with Crippen LogP contribution >= 0.6 is 0 Å². The standard InChI is InChI=1S/C13H25NO2/c1-2-12(13-4-3-7-16-13)14-10-11-5-8-15-9-6-11/h11-14H,2-10H2,1H3. The third-order valence-corrected chi connectivity index (χ3v) is 3.86. The summed E-state index contributed by atoms with van der Waals surface area (Å²) < 4.78 is 11.1. The number of rotatable bonds is 5. The fourth-order valence-electron chi connectivity index (χ4n) is 2.73. The van der Waals surface area contributed by atoms with Gasteiger partial charge in [0, 0.05) is 25.9 Å². The van der Waals surface area contributed by atoms with Crippen molar-refractivity contribution in [1.29, 1.82) is 0 Å². The molecule has 2 aliphatic rings. The molecule has 3 nitrogen and oxygen atoms in total.